The van der Waals surface area contributed by atoms with Crippen molar-refractivity contribution in [3.8, 4) is 5.75 Å². The Morgan fingerprint density at radius 3 is 2.35 bits per heavy atom. The average Bonchev–Trinajstić information content (AvgIpc) is 2.78. The van der Waals surface area contributed by atoms with Gasteiger partial charge in [0.25, 0.3) is 0 Å². The molecule has 0 aliphatic heterocycles. The number of hydrogen-bond donors (Lipinski definition) is 1. The third-order valence-electron chi connectivity index (χ3n) is 2.52. The molecule has 1 aromatic heterocycles. The summed E-state index contributed by atoms with van der Waals surface area (Å²) in [5.74, 6) is -1.32. The van der Waals surface area contributed by atoms with Gasteiger partial charge in [0, 0.05) is 18.9 Å². The second-order valence-electron chi connectivity index (χ2n) is 4.07. The maximum atomic E-state index is 12.0. The van der Waals surface area contributed by atoms with Crippen LogP contribution in [0.3, 0.4) is 0 Å². The van der Waals surface area contributed by atoms with E-state index in [2.05, 4.69) is 4.74 Å². The molecule has 0 amide bonds. The minimum atomic E-state index is -4.71. The molecule has 4 nitrogen and oxygen atoms in total. The Kier molecular flexibility index (Phi) is 3.69. The van der Waals surface area contributed by atoms with Crippen molar-refractivity contribution in [2.75, 3.05) is 0 Å². The van der Waals surface area contributed by atoms with Gasteiger partial charge in [0.05, 0.1) is 5.56 Å². The van der Waals surface area contributed by atoms with Gasteiger partial charge in [-0.15, -0.1) is 13.2 Å². The number of aromatic carboxylic acids is 1. The summed E-state index contributed by atoms with van der Waals surface area (Å²) in [7, 11) is 0. The molecule has 1 heterocycles. The lowest BCUT2D eigenvalue weighted by atomic mass is 10.2. The van der Waals surface area contributed by atoms with Crippen LogP contribution in [0.2, 0.25) is 0 Å². The largest absolute Gasteiger partial charge is 0.573 e. The van der Waals surface area contributed by atoms with Gasteiger partial charge in [0.2, 0.25) is 0 Å². The van der Waals surface area contributed by atoms with E-state index in [1.54, 1.807) is 10.8 Å². The van der Waals surface area contributed by atoms with Gasteiger partial charge < -0.3 is 14.4 Å². The van der Waals surface area contributed by atoms with Crippen LogP contribution in [0.4, 0.5) is 13.2 Å². The van der Waals surface area contributed by atoms with Crippen molar-refractivity contribution in [2.24, 2.45) is 0 Å². The standard InChI is InChI=1S/C13H10F3NO3/c14-13(15,16)20-11-3-1-9(2-4-11)7-17-6-5-10(8-17)12(18)19/h1-6,8H,7H2,(H,18,19). The summed E-state index contributed by atoms with van der Waals surface area (Å²) in [6.45, 7) is 0.361. The summed E-state index contributed by atoms with van der Waals surface area (Å²) in [6.07, 6.45) is -1.68. The topological polar surface area (TPSA) is 51.5 Å². The van der Waals surface area contributed by atoms with Crippen molar-refractivity contribution in [3.05, 3.63) is 53.9 Å². The number of hydrogen-bond acceptors (Lipinski definition) is 2. The van der Waals surface area contributed by atoms with E-state index in [4.69, 9.17) is 5.11 Å². The van der Waals surface area contributed by atoms with Crippen LogP contribution in [0.15, 0.2) is 42.7 Å². The zero-order chi connectivity index (χ0) is 14.8. The van der Waals surface area contributed by atoms with Crippen molar-refractivity contribution in [1.29, 1.82) is 0 Å². The number of halogens is 3. The van der Waals surface area contributed by atoms with Crippen LogP contribution >= 0.6 is 0 Å². The third kappa shape index (κ3) is 3.78. The fourth-order valence-electron chi connectivity index (χ4n) is 1.67. The Morgan fingerprint density at radius 2 is 1.85 bits per heavy atom. The van der Waals surface area contributed by atoms with Gasteiger partial charge in [0.15, 0.2) is 0 Å². The number of carboxylic acids is 1. The zero-order valence-corrected chi connectivity index (χ0v) is 10.1. The second-order valence-corrected chi connectivity index (χ2v) is 4.07. The molecule has 1 aromatic carbocycles. The number of rotatable bonds is 4. The van der Waals surface area contributed by atoms with Crippen LogP contribution in [0.5, 0.6) is 5.75 Å². The van der Waals surface area contributed by atoms with E-state index < -0.39 is 12.3 Å². The first-order valence-corrected chi connectivity index (χ1v) is 5.57. The van der Waals surface area contributed by atoms with Gasteiger partial charge in [-0.1, -0.05) is 12.1 Å². The van der Waals surface area contributed by atoms with Crippen molar-refractivity contribution < 1.29 is 27.8 Å². The van der Waals surface area contributed by atoms with Crippen molar-refractivity contribution in [3.63, 3.8) is 0 Å². The summed E-state index contributed by atoms with van der Waals surface area (Å²) >= 11 is 0. The third-order valence-corrected chi connectivity index (χ3v) is 2.52. The molecule has 1 N–H and O–H groups in total. The summed E-state index contributed by atoms with van der Waals surface area (Å²) < 4.78 is 41.3. The van der Waals surface area contributed by atoms with Gasteiger partial charge in [0.1, 0.15) is 5.75 Å². The Morgan fingerprint density at radius 1 is 1.20 bits per heavy atom. The van der Waals surface area contributed by atoms with E-state index in [1.165, 1.54) is 36.5 Å². The molecule has 0 radical (unpaired) electrons. The van der Waals surface area contributed by atoms with E-state index in [0.29, 0.717) is 6.54 Å². The Hall–Kier alpha value is -2.44. The molecule has 0 saturated carbocycles. The minimum Gasteiger partial charge on any atom is -0.478 e. The summed E-state index contributed by atoms with van der Waals surface area (Å²) in [4.78, 5) is 10.7. The maximum Gasteiger partial charge on any atom is 0.573 e. The summed E-state index contributed by atoms with van der Waals surface area (Å²) in [6, 6.07) is 6.85. The predicted octanol–water partition coefficient (Wildman–Crippen LogP) is 3.13. The fourth-order valence-corrected chi connectivity index (χ4v) is 1.67. The number of nitrogens with zero attached hydrogens (tertiary/aromatic N) is 1. The van der Waals surface area contributed by atoms with Crippen LogP contribution in [0, 0.1) is 0 Å². The number of carboxylic acid groups (broad SMARTS) is 1. The molecular weight excluding hydrogens is 275 g/mol. The zero-order valence-electron chi connectivity index (χ0n) is 10.1. The van der Waals surface area contributed by atoms with Gasteiger partial charge in [-0.2, -0.15) is 0 Å². The number of carbonyl (C=O) groups is 1. The monoisotopic (exact) mass is 285 g/mol. The van der Waals surface area contributed by atoms with Crippen molar-refractivity contribution in [2.45, 2.75) is 12.9 Å². The van der Waals surface area contributed by atoms with Crippen LogP contribution < -0.4 is 4.74 Å². The summed E-state index contributed by atoms with van der Waals surface area (Å²) in [5, 5.41) is 8.77. The molecule has 2 aromatic rings. The maximum absolute atomic E-state index is 12.0. The normalized spacial score (nSPS) is 11.3. The Labute approximate surface area is 112 Å². The molecule has 2 rings (SSSR count). The second kappa shape index (κ2) is 5.28. The molecule has 0 bridgehead atoms. The lowest BCUT2D eigenvalue weighted by molar-refractivity contribution is -0.274. The molecule has 20 heavy (non-hydrogen) atoms. The number of aromatic nitrogens is 1. The van der Waals surface area contributed by atoms with Crippen LogP contribution in [-0.2, 0) is 6.54 Å². The molecule has 7 heteroatoms. The van der Waals surface area contributed by atoms with Gasteiger partial charge >= 0.3 is 12.3 Å². The molecule has 106 valence electrons. The minimum absolute atomic E-state index is 0.155. The van der Waals surface area contributed by atoms with E-state index in [-0.39, 0.29) is 11.3 Å². The Balaban J connectivity index is 2.04. The quantitative estimate of drug-likeness (QED) is 0.939. The molecular formula is C13H10F3NO3. The van der Waals surface area contributed by atoms with Gasteiger partial charge in [-0.05, 0) is 23.8 Å². The van der Waals surface area contributed by atoms with E-state index in [1.807, 2.05) is 0 Å². The fraction of sp³-hybridized carbons (Fsp3) is 0.154. The molecule has 0 aliphatic carbocycles. The summed E-state index contributed by atoms with van der Waals surface area (Å²) in [5.41, 5.74) is 0.883. The lowest BCUT2D eigenvalue weighted by Gasteiger charge is -2.09. The highest BCUT2D eigenvalue weighted by molar-refractivity contribution is 5.87. The number of benzene rings is 1. The highest BCUT2D eigenvalue weighted by atomic mass is 19.4. The molecule has 0 unspecified atom stereocenters. The predicted molar refractivity (Wildman–Crippen MR) is 63.6 cm³/mol. The smallest absolute Gasteiger partial charge is 0.478 e. The molecule has 0 spiro atoms. The molecule has 0 aliphatic rings. The van der Waals surface area contributed by atoms with E-state index in [0.717, 1.165) is 5.56 Å². The highest BCUT2D eigenvalue weighted by Crippen LogP contribution is 2.23. The van der Waals surface area contributed by atoms with E-state index in [9.17, 15) is 18.0 Å². The average molecular weight is 285 g/mol. The number of ether oxygens (including phenoxy) is 1. The SMILES string of the molecule is O=C(O)c1ccn(Cc2ccc(OC(F)(F)F)cc2)c1. The first kappa shape index (κ1) is 14.0. The molecule has 0 saturated heterocycles. The van der Waals surface area contributed by atoms with Crippen LogP contribution in [0.1, 0.15) is 15.9 Å². The first-order valence-electron chi connectivity index (χ1n) is 5.57. The van der Waals surface area contributed by atoms with Crippen molar-refractivity contribution in [1.82, 2.24) is 4.57 Å². The Bertz CT molecular complexity index is 602. The molecule has 0 fully saturated rings. The first-order chi connectivity index (χ1) is 9.33. The van der Waals surface area contributed by atoms with E-state index >= 15 is 0 Å². The lowest BCUT2D eigenvalue weighted by Crippen LogP contribution is -2.17. The molecule has 0 atom stereocenters. The highest BCUT2D eigenvalue weighted by Gasteiger charge is 2.30. The van der Waals surface area contributed by atoms with Crippen LogP contribution in [0.25, 0.3) is 0 Å². The van der Waals surface area contributed by atoms with Gasteiger partial charge in [-0.3, -0.25) is 0 Å². The van der Waals surface area contributed by atoms with Gasteiger partial charge in [-0.25, -0.2) is 4.79 Å². The number of alkyl halides is 3. The van der Waals surface area contributed by atoms with Crippen molar-refractivity contribution >= 4 is 5.97 Å². The van der Waals surface area contributed by atoms with Crippen LogP contribution in [-0.4, -0.2) is 22.0 Å².